The van der Waals surface area contributed by atoms with Gasteiger partial charge in [0, 0.05) is 19.6 Å². The SMILES string of the molecule is CCNC(=NCC(c1ccc(OC)cc1)N1CCCCC1)NCCNC(=O)c1ccco1. The number of benzene rings is 1. The van der Waals surface area contributed by atoms with Crippen molar-refractivity contribution in [2.24, 2.45) is 4.99 Å². The Morgan fingerprint density at radius 2 is 1.84 bits per heavy atom. The molecule has 0 spiro atoms. The molecule has 2 aromatic rings. The first-order chi connectivity index (χ1) is 15.7. The number of hydrogen-bond donors (Lipinski definition) is 3. The molecule has 1 aromatic carbocycles. The van der Waals surface area contributed by atoms with Crippen molar-refractivity contribution in [2.75, 3.05) is 46.4 Å². The number of aliphatic imine (C=N–C) groups is 1. The van der Waals surface area contributed by atoms with E-state index in [1.807, 2.05) is 19.1 Å². The fourth-order valence-electron chi connectivity index (χ4n) is 3.86. The van der Waals surface area contributed by atoms with Crippen LogP contribution >= 0.6 is 0 Å². The highest BCUT2D eigenvalue weighted by Crippen LogP contribution is 2.26. The zero-order valence-corrected chi connectivity index (χ0v) is 19.1. The van der Waals surface area contributed by atoms with E-state index in [2.05, 4.69) is 33.0 Å². The second-order valence-corrected chi connectivity index (χ2v) is 7.77. The van der Waals surface area contributed by atoms with Gasteiger partial charge in [-0.1, -0.05) is 18.6 Å². The number of carbonyl (C=O) groups excluding carboxylic acids is 1. The summed E-state index contributed by atoms with van der Waals surface area (Å²) in [5.41, 5.74) is 1.25. The van der Waals surface area contributed by atoms with Crippen LogP contribution in [0.5, 0.6) is 5.75 Å². The molecule has 1 atom stereocenters. The molecular formula is C24H35N5O3. The predicted molar refractivity (Wildman–Crippen MR) is 126 cm³/mol. The minimum absolute atomic E-state index is 0.218. The summed E-state index contributed by atoms with van der Waals surface area (Å²) in [4.78, 5) is 19.4. The number of furan rings is 1. The molecule has 32 heavy (non-hydrogen) atoms. The molecule has 1 amide bonds. The molecule has 0 saturated carbocycles. The lowest BCUT2D eigenvalue weighted by molar-refractivity contribution is 0.0926. The zero-order chi connectivity index (χ0) is 22.6. The van der Waals surface area contributed by atoms with E-state index in [-0.39, 0.29) is 11.9 Å². The molecule has 3 rings (SSSR count). The number of methoxy groups -OCH3 is 1. The number of nitrogens with zero attached hydrogens (tertiary/aromatic N) is 2. The number of nitrogens with one attached hydrogen (secondary N) is 3. The minimum Gasteiger partial charge on any atom is -0.497 e. The van der Waals surface area contributed by atoms with Gasteiger partial charge in [0.1, 0.15) is 5.75 Å². The van der Waals surface area contributed by atoms with Crippen molar-refractivity contribution in [1.82, 2.24) is 20.9 Å². The van der Waals surface area contributed by atoms with Crippen LogP contribution in [0.1, 0.15) is 48.3 Å². The average Bonchev–Trinajstić information content (AvgIpc) is 3.38. The van der Waals surface area contributed by atoms with Gasteiger partial charge in [-0.25, -0.2) is 0 Å². The Hall–Kier alpha value is -3.00. The van der Waals surface area contributed by atoms with Crippen LogP contribution < -0.4 is 20.7 Å². The standard InChI is InChI=1S/C24H35N5O3/c1-3-25-24(27-14-13-26-23(30)22-8-7-17-32-22)28-18-21(29-15-5-4-6-16-29)19-9-11-20(31-2)12-10-19/h7-12,17,21H,3-6,13-16,18H2,1-2H3,(H,26,30)(H2,25,27,28). The lowest BCUT2D eigenvalue weighted by atomic mass is 10.0. The molecule has 1 saturated heterocycles. The fraction of sp³-hybridized carbons (Fsp3) is 0.500. The summed E-state index contributed by atoms with van der Waals surface area (Å²) in [5.74, 6) is 1.70. The molecule has 1 aliphatic rings. The van der Waals surface area contributed by atoms with Crippen LogP contribution in [0.3, 0.4) is 0 Å². The number of piperidine rings is 1. The Bertz CT molecular complexity index is 830. The van der Waals surface area contributed by atoms with Crippen LogP contribution in [-0.4, -0.2) is 63.1 Å². The van der Waals surface area contributed by atoms with Gasteiger partial charge in [0.25, 0.3) is 5.91 Å². The van der Waals surface area contributed by atoms with Crippen LogP contribution in [0.15, 0.2) is 52.1 Å². The number of guanidine groups is 1. The number of rotatable bonds is 10. The Kier molecular flexibility index (Phi) is 9.43. The first kappa shape index (κ1) is 23.7. The minimum atomic E-state index is -0.219. The number of amides is 1. The molecule has 174 valence electrons. The maximum Gasteiger partial charge on any atom is 0.287 e. The van der Waals surface area contributed by atoms with E-state index in [4.69, 9.17) is 14.1 Å². The van der Waals surface area contributed by atoms with Gasteiger partial charge >= 0.3 is 0 Å². The Balaban J connectivity index is 1.59. The summed E-state index contributed by atoms with van der Waals surface area (Å²) in [5, 5.41) is 9.44. The largest absolute Gasteiger partial charge is 0.497 e. The summed E-state index contributed by atoms with van der Waals surface area (Å²) in [7, 11) is 1.69. The van der Waals surface area contributed by atoms with Crippen molar-refractivity contribution in [3.05, 3.63) is 54.0 Å². The van der Waals surface area contributed by atoms with Crippen molar-refractivity contribution in [3.8, 4) is 5.75 Å². The van der Waals surface area contributed by atoms with Crippen molar-refractivity contribution in [2.45, 2.75) is 32.2 Å². The Morgan fingerprint density at radius 3 is 2.50 bits per heavy atom. The number of likely N-dealkylation sites (tertiary alicyclic amines) is 1. The van der Waals surface area contributed by atoms with Gasteiger partial charge in [-0.2, -0.15) is 0 Å². The molecular weight excluding hydrogens is 406 g/mol. The maximum absolute atomic E-state index is 12.0. The van der Waals surface area contributed by atoms with E-state index >= 15 is 0 Å². The summed E-state index contributed by atoms with van der Waals surface area (Å²) < 4.78 is 10.4. The number of carbonyl (C=O) groups is 1. The Labute approximate surface area is 190 Å². The van der Waals surface area contributed by atoms with E-state index in [0.29, 0.717) is 25.4 Å². The molecule has 2 heterocycles. The number of hydrogen-bond acceptors (Lipinski definition) is 5. The molecule has 1 fully saturated rings. The molecule has 0 aliphatic carbocycles. The van der Waals surface area contributed by atoms with Crippen molar-refractivity contribution >= 4 is 11.9 Å². The van der Waals surface area contributed by atoms with E-state index in [9.17, 15) is 4.79 Å². The highest BCUT2D eigenvalue weighted by atomic mass is 16.5. The van der Waals surface area contributed by atoms with Crippen molar-refractivity contribution in [1.29, 1.82) is 0 Å². The van der Waals surface area contributed by atoms with Crippen LogP contribution in [0.25, 0.3) is 0 Å². The predicted octanol–water partition coefficient (Wildman–Crippen LogP) is 2.80. The highest BCUT2D eigenvalue weighted by molar-refractivity contribution is 5.91. The molecule has 8 heteroatoms. The van der Waals surface area contributed by atoms with E-state index in [1.165, 1.54) is 31.1 Å². The molecule has 1 unspecified atom stereocenters. The smallest absolute Gasteiger partial charge is 0.287 e. The Morgan fingerprint density at radius 1 is 1.09 bits per heavy atom. The second kappa shape index (κ2) is 12.8. The summed E-state index contributed by atoms with van der Waals surface area (Å²) >= 11 is 0. The van der Waals surface area contributed by atoms with Gasteiger partial charge in [0.05, 0.1) is 26.0 Å². The van der Waals surface area contributed by atoms with Gasteiger partial charge in [0.2, 0.25) is 0 Å². The van der Waals surface area contributed by atoms with Gasteiger partial charge in [0.15, 0.2) is 11.7 Å². The molecule has 8 nitrogen and oxygen atoms in total. The van der Waals surface area contributed by atoms with Gasteiger partial charge in [-0.3, -0.25) is 14.7 Å². The topological polar surface area (TPSA) is 91.1 Å². The first-order valence-electron chi connectivity index (χ1n) is 11.4. The van der Waals surface area contributed by atoms with Crippen LogP contribution in [-0.2, 0) is 0 Å². The van der Waals surface area contributed by atoms with Gasteiger partial charge < -0.3 is 25.1 Å². The van der Waals surface area contributed by atoms with E-state index < -0.39 is 0 Å². The number of ether oxygens (including phenoxy) is 1. The van der Waals surface area contributed by atoms with Gasteiger partial charge in [-0.15, -0.1) is 0 Å². The van der Waals surface area contributed by atoms with Crippen molar-refractivity contribution < 1.29 is 13.9 Å². The second-order valence-electron chi connectivity index (χ2n) is 7.77. The zero-order valence-electron chi connectivity index (χ0n) is 19.1. The van der Waals surface area contributed by atoms with Gasteiger partial charge in [-0.05, 0) is 62.7 Å². The first-order valence-corrected chi connectivity index (χ1v) is 11.4. The van der Waals surface area contributed by atoms with E-state index in [1.54, 1.807) is 19.2 Å². The fourth-order valence-corrected chi connectivity index (χ4v) is 3.86. The third-order valence-corrected chi connectivity index (χ3v) is 5.55. The quantitative estimate of drug-likeness (QED) is 0.298. The van der Waals surface area contributed by atoms with E-state index in [0.717, 1.165) is 31.3 Å². The monoisotopic (exact) mass is 441 g/mol. The maximum atomic E-state index is 12.0. The molecule has 0 bridgehead atoms. The van der Waals surface area contributed by atoms with Crippen LogP contribution in [0.4, 0.5) is 0 Å². The molecule has 1 aromatic heterocycles. The lowest BCUT2D eigenvalue weighted by Gasteiger charge is -2.34. The molecule has 0 radical (unpaired) electrons. The third kappa shape index (κ3) is 7.02. The normalized spacial score (nSPS) is 15.8. The molecule has 1 aliphatic heterocycles. The average molecular weight is 442 g/mol. The lowest BCUT2D eigenvalue weighted by Crippen LogP contribution is -2.42. The van der Waals surface area contributed by atoms with Crippen LogP contribution in [0.2, 0.25) is 0 Å². The van der Waals surface area contributed by atoms with Crippen LogP contribution in [0, 0.1) is 0 Å². The molecule has 3 N–H and O–H groups in total. The highest BCUT2D eigenvalue weighted by Gasteiger charge is 2.22. The summed E-state index contributed by atoms with van der Waals surface area (Å²) in [6, 6.07) is 11.9. The third-order valence-electron chi connectivity index (χ3n) is 5.55. The van der Waals surface area contributed by atoms with Crippen molar-refractivity contribution in [3.63, 3.8) is 0 Å². The summed E-state index contributed by atoms with van der Waals surface area (Å²) in [6.45, 7) is 6.68. The summed E-state index contributed by atoms with van der Waals surface area (Å²) in [6.07, 6.45) is 5.24.